The topological polar surface area (TPSA) is 53.8 Å². The summed E-state index contributed by atoms with van der Waals surface area (Å²) in [5.41, 5.74) is 1.02. The van der Waals surface area contributed by atoms with Crippen molar-refractivity contribution in [1.29, 1.82) is 0 Å². The van der Waals surface area contributed by atoms with Crippen molar-refractivity contribution in [2.24, 2.45) is 0 Å². The number of rotatable bonds is 6. The fourth-order valence-electron chi connectivity index (χ4n) is 1.58. The van der Waals surface area contributed by atoms with Crippen LogP contribution in [-0.2, 0) is 11.3 Å². The van der Waals surface area contributed by atoms with Gasteiger partial charge in [0.25, 0.3) is 0 Å². The van der Waals surface area contributed by atoms with Crippen molar-refractivity contribution in [3.05, 3.63) is 29.8 Å². The highest BCUT2D eigenvalue weighted by atomic mass is 16.5. The molecule has 0 heterocycles. The van der Waals surface area contributed by atoms with E-state index in [0.29, 0.717) is 13.2 Å². The van der Waals surface area contributed by atoms with Crippen LogP contribution in [0.15, 0.2) is 24.3 Å². The minimum atomic E-state index is -1.04. The molecule has 0 aliphatic heterocycles. The second-order valence-electron chi connectivity index (χ2n) is 3.72. The Kier molecular flexibility index (Phi) is 4.79. The Bertz CT molecular complexity index is 352. The minimum absolute atomic E-state index is 0.000456. The van der Waals surface area contributed by atoms with Crippen LogP contribution in [0.3, 0.4) is 0 Å². The van der Waals surface area contributed by atoms with E-state index in [4.69, 9.17) is 4.74 Å². The molecule has 0 aromatic heterocycles. The normalized spacial score (nSPS) is 12.1. The van der Waals surface area contributed by atoms with Gasteiger partial charge in [0.15, 0.2) is 0 Å². The van der Waals surface area contributed by atoms with Gasteiger partial charge >= 0.3 is 0 Å². The maximum atomic E-state index is 10.4. The molecule has 0 amide bonds. The van der Waals surface area contributed by atoms with Crippen molar-refractivity contribution in [3.8, 4) is 5.75 Å². The van der Waals surface area contributed by atoms with Crippen LogP contribution < -0.4 is 14.7 Å². The number of likely N-dealkylation sites (N-methyl/N-ethyl adjacent to an activating group) is 1. The van der Waals surface area contributed by atoms with Gasteiger partial charge in [0.2, 0.25) is 0 Å². The number of carbonyl (C=O) groups excluding carboxylic acids is 1. The van der Waals surface area contributed by atoms with Crippen molar-refractivity contribution in [3.63, 3.8) is 0 Å². The van der Waals surface area contributed by atoms with Crippen LogP contribution in [0.2, 0.25) is 0 Å². The number of carbonyl (C=O) groups is 1. The Morgan fingerprint density at radius 3 is 2.75 bits per heavy atom. The smallest absolute Gasteiger partial charge is 0.128 e. The molecule has 1 rings (SSSR count). The summed E-state index contributed by atoms with van der Waals surface area (Å²) in [7, 11) is 1.82. The summed E-state index contributed by atoms with van der Waals surface area (Å²) in [6.45, 7) is 3.15. The number of carboxylic acids is 1. The molecule has 1 N–H and O–H groups in total. The highest BCUT2D eigenvalue weighted by Crippen LogP contribution is 2.16. The van der Waals surface area contributed by atoms with E-state index < -0.39 is 5.97 Å². The molecule has 0 fully saturated rings. The third-order valence-corrected chi connectivity index (χ3v) is 2.21. The van der Waals surface area contributed by atoms with Gasteiger partial charge in [-0.05, 0) is 19.1 Å². The number of quaternary nitrogens is 1. The summed E-state index contributed by atoms with van der Waals surface area (Å²) in [4.78, 5) is 11.3. The molecule has 1 atom stereocenters. The Labute approximate surface area is 95.5 Å². The number of aliphatic carboxylic acids is 1. The van der Waals surface area contributed by atoms with Crippen LogP contribution in [0.4, 0.5) is 0 Å². The van der Waals surface area contributed by atoms with Crippen molar-refractivity contribution in [1.82, 2.24) is 0 Å². The molecule has 0 radical (unpaired) electrons. The molecule has 16 heavy (non-hydrogen) atoms. The number of hydrogen-bond donors (Lipinski definition) is 1. The zero-order valence-electron chi connectivity index (χ0n) is 9.66. The quantitative estimate of drug-likeness (QED) is 0.662. The van der Waals surface area contributed by atoms with E-state index in [1.165, 1.54) is 0 Å². The average molecular weight is 223 g/mol. The Morgan fingerprint density at radius 2 is 2.12 bits per heavy atom. The predicted molar refractivity (Wildman–Crippen MR) is 58.1 cm³/mol. The van der Waals surface area contributed by atoms with E-state index in [-0.39, 0.29) is 6.54 Å². The number of ether oxygens (including phenoxy) is 1. The molecule has 0 aliphatic carbocycles. The van der Waals surface area contributed by atoms with Gasteiger partial charge in [-0.1, -0.05) is 12.1 Å². The van der Waals surface area contributed by atoms with Crippen molar-refractivity contribution in [2.45, 2.75) is 13.5 Å². The van der Waals surface area contributed by atoms with Gasteiger partial charge < -0.3 is 19.5 Å². The van der Waals surface area contributed by atoms with Gasteiger partial charge in [-0.3, -0.25) is 0 Å². The molecule has 0 bridgehead atoms. The van der Waals surface area contributed by atoms with E-state index >= 15 is 0 Å². The molecule has 4 nitrogen and oxygen atoms in total. The second kappa shape index (κ2) is 6.12. The highest BCUT2D eigenvalue weighted by Gasteiger charge is 2.08. The van der Waals surface area contributed by atoms with Crippen LogP contribution >= 0.6 is 0 Å². The Hall–Kier alpha value is -1.55. The summed E-state index contributed by atoms with van der Waals surface area (Å²) in [6, 6.07) is 7.67. The number of carboxylic acid groups (broad SMARTS) is 1. The third kappa shape index (κ3) is 3.90. The lowest BCUT2D eigenvalue weighted by molar-refractivity contribution is -0.887. The first-order valence-electron chi connectivity index (χ1n) is 5.35. The fourth-order valence-corrected chi connectivity index (χ4v) is 1.58. The Morgan fingerprint density at radius 1 is 1.44 bits per heavy atom. The Balaban J connectivity index is 2.68. The van der Waals surface area contributed by atoms with Crippen LogP contribution in [0.5, 0.6) is 5.75 Å². The molecule has 88 valence electrons. The van der Waals surface area contributed by atoms with Gasteiger partial charge in [-0.2, -0.15) is 0 Å². The van der Waals surface area contributed by atoms with Gasteiger partial charge in [0.05, 0.1) is 19.6 Å². The molecule has 0 saturated heterocycles. The molecule has 0 aliphatic rings. The van der Waals surface area contributed by atoms with E-state index in [1.807, 2.05) is 38.2 Å². The van der Waals surface area contributed by atoms with E-state index in [1.54, 1.807) is 0 Å². The highest BCUT2D eigenvalue weighted by molar-refractivity contribution is 5.65. The third-order valence-electron chi connectivity index (χ3n) is 2.21. The summed E-state index contributed by atoms with van der Waals surface area (Å²) >= 11 is 0. The summed E-state index contributed by atoms with van der Waals surface area (Å²) in [6.07, 6.45) is 0. The first-order valence-corrected chi connectivity index (χ1v) is 5.35. The first-order chi connectivity index (χ1) is 7.63. The molecule has 1 unspecified atom stereocenters. The lowest BCUT2D eigenvalue weighted by Crippen LogP contribution is -3.09. The largest absolute Gasteiger partial charge is 0.544 e. The molecular formula is C12H17NO3. The number of hydrogen-bond acceptors (Lipinski definition) is 3. The van der Waals surface area contributed by atoms with Crippen LogP contribution in [0.25, 0.3) is 0 Å². The monoisotopic (exact) mass is 223 g/mol. The van der Waals surface area contributed by atoms with Gasteiger partial charge in [0.1, 0.15) is 18.8 Å². The molecule has 1 aromatic carbocycles. The molecule has 1 aromatic rings. The lowest BCUT2D eigenvalue weighted by atomic mass is 10.2. The lowest BCUT2D eigenvalue weighted by Gasteiger charge is -2.16. The zero-order chi connectivity index (χ0) is 12.0. The number of benzene rings is 1. The van der Waals surface area contributed by atoms with Gasteiger partial charge in [-0.25, -0.2) is 0 Å². The SMILES string of the molecule is CCOc1ccccc1C[NH+](C)CC(=O)[O-]. The van der Waals surface area contributed by atoms with Gasteiger partial charge in [-0.15, -0.1) is 0 Å². The van der Waals surface area contributed by atoms with Crippen molar-refractivity contribution in [2.75, 3.05) is 20.2 Å². The zero-order valence-corrected chi connectivity index (χ0v) is 9.66. The molecule has 0 saturated carbocycles. The van der Waals surface area contributed by atoms with Crippen LogP contribution in [0, 0.1) is 0 Å². The molecule has 0 spiro atoms. The van der Waals surface area contributed by atoms with E-state index in [9.17, 15) is 9.90 Å². The predicted octanol–water partition coefficient (Wildman–Crippen LogP) is -1.15. The van der Waals surface area contributed by atoms with E-state index in [2.05, 4.69) is 0 Å². The summed E-state index contributed by atoms with van der Waals surface area (Å²) in [5.74, 6) is -0.214. The maximum absolute atomic E-state index is 10.4. The summed E-state index contributed by atoms with van der Waals surface area (Å²) in [5, 5.41) is 10.4. The average Bonchev–Trinajstić information content (AvgIpc) is 2.20. The fraction of sp³-hybridized carbons (Fsp3) is 0.417. The summed E-state index contributed by atoms with van der Waals surface area (Å²) < 4.78 is 5.47. The van der Waals surface area contributed by atoms with Gasteiger partial charge in [0, 0.05) is 5.56 Å². The second-order valence-corrected chi connectivity index (χ2v) is 3.72. The van der Waals surface area contributed by atoms with Crippen molar-refractivity contribution < 1.29 is 19.5 Å². The standard InChI is InChI=1S/C12H17NO3/c1-3-16-11-7-5-4-6-10(11)8-13(2)9-12(14)15/h4-7H,3,8-9H2,1-2H3,(H,14,15). The van der Waals surface area contributed by atoms with Crippen molar-refractivity contribution >= 4 is 5.97 Å². The first kappa shape index (κ1) is 12.5. The molecular weight excluding hydrogens is 206 g/mol. The minimum Gasteiger partial charge on any atom is -0.544 e. The van der Waals surface area contributed by atoms with Crippen LogP contribution in [-0.4, -0.2) is 26.2 Å². The van der Waals surface area contributed by atoms with E-state index in [0.717, 1.165) is 16.2 Å². The van der Waals surface area contributed by atoms with Crippen LogP contribution in [0.1, 0.15) is 12.5 Å². The maximum Gasteiger partial charge on any atom is 0.128 e. The number of nitrogens with one attached hydrogen (secondary N) is 1. The molecule has 4 heteroatoms. The number of para-hydroxylation sites is 1.